The molecule has 7 heteroatoms. The number of carbonyl (C=O) groups is 2. The van der Waals surface area contributed by atoms with Gasteiger partial charge in [0.1, 0.15) is 5.00 Å². The van der Waals surface area contributed by atoms with Crippen molar-refractivity contribution in [2.75, 3.05) is 5.32 Å². The number of primary amides is 1. The molecule has 6 nitrogen and oxygen atoms in total. The number of aryl methyl sites for hydroxylation is 1. The van der Waals surface area contributed by atoms with E-state index < -0.39 is 5.91 Å². The fraction of sp³-hybridized carbons (Fsp3) is 0.0455. The number of nitrogens with one attached hydrogen (secondary N) is 1. The predicted molar refractivity (Wildman–Crippen MR) is 115 cm³/mol. The monoisotopic (exact) mass is 402 g/mol. The molecule has 0 saturated heterocycles. The Morgan fingerprint density at radius 3 is 2.55 bits per heavy atom. The second-order valence-corrected chi connectivity index (χ2v) is 7.65. The Balaban J connectivity index is 1.69. The zero-order valence-corrected chi connectivity index (χ0v) is 16.4. The molecule has 29 heavy (non-hydrogen) atoms. The van der Waals surface area contributed by atoms with Gasteiger partial charge in [0.25, 0.3) is 11.8 Å². The standard InChI is InChI=1S/C22H18N4O2S/c1-14-18(15-7-3-2-4-8-15)19(20(23)27)22(29-14)25-21(28)16-9-5-10-17(13-16)26-12-6-11-24-26/h2-13H,1H3,(H2,23,27)(H,25,28). The number of nitrogens with two attached hydrogens (primary N) is 1. The number of hydrogen-bond acceptors (Lipinski definition) is 4. The predicted octanol–water partition coefficient (Wildman–Crippen LogP) is 4.26. The molecule has 4 rings (SSSR count). The number of amides is 2. The van der Waals surface area contributed by atoms with Crippen LogP contribution in [0.3, 0.4) is 0 Å². The third-order valence-electron chi connectivity index (χ3n) is 4.50. The zero-order valence-electron chi connectivity index (χ0n) is 15.6. The van der Waals surface area contributed by atoms with E-state index in [9.17, 15) is 9.59 Å². The number of benzene rings is 2. The summed E-state index contributed by atoms with van der Waals surface area (Å²) in [7, 11) is 0. The van der Waals surface area contributed by atoms with E-state index in [1.807, 2.05) is 49.4 Å². The van der Waals surface area contributed by atoms with Crippen molar-refractivity contribution in [3.05, 3.63) is 89.1 Å². The van der Waals surface area contributed by atoms with Crippen molar-refractivity contribution in [2.45, 2.75) is 6.92 Å². The third kappa shape index (κ3) is 3.68. The van der Waals surface area contributed by atoms with Crippen LogP contribution >= 0.6 is 11.3 Å². The number of nitrogens with zero attached hydrogens (tertiary/aromatic N) is 2. The molecule has 0 fully saturated rings. The summed E-state index contributed by atoms with van der Waals surface area (Å²) in [6, 6.07) is 18.5. The Hall–Kier alpha value is -3.71. The van der Waals surface area contributed by atoms with Crippen molar-refractivity contribution < 1.29 is 9.59 Å². The molecule has 0 radical (unpaired) electrons. The number of aromatic nitrogens is 2. The van der Waals surface area contributed by atoms with Gasteiger partial charge in [-0.2, -0.15) is 5.10 Å². The fourth-order valence-corrected chi connectivity index (χ4v) is 4.28. The molecule has 0 aliphatic heterocycles. The quantitative estimate of drug-likeness (QED) is 0.523. The smallest absolute Gasteiger partial charge is 0.256 e. The van der Waals surface area contributed by atoms with Crippen molar-refractivity contribution in [3.63, 3.8) is 0 Å². The molecule has 0 atom stereocenters. The van der Waals surface area contributed by atoms with Crippen LogP contribution in [0.15, 0.2) is 73.1 Å². The van der Waals surface area contributed by atoms with Crippen LogP contribution in [-0.2, 0) is 0 Å². The topological polar surface area (TPSA) is 90.0 Å². The molecule has 2 aromatic carbocycles. The van der Waals surface area contributed by atoms with Crippen LogP contribution in [0.2, 0.25) is 0 Å². The largest absolute Gasteiger partial charge is 0.365 e. The molecule has 3 N–H and O–H groups in total. The molecular weight excluding hydrogens is 384 g/mol. The molecule has 0 aliphatic rings. The van der Waals surface area contributed by atoms with Gasteiger partial charge in [-0.1, -0.05) is 36.4 Å². The minimum absolute atomic E-state index is 0.317. The summed E-state index contributed by atoms with van der Waals surface area (Å²) < 4.78 is 1.68. The van der Waals surface area contributed by atoms with Crippen molar-refractivity contribution in [3.8, 4) is 16.8 Å². The molecule has 0 unspecified atom stereocenters. The second-order valence-electron chi connectivity index (χ2n) is 6.42. The van der Waals surface area contributed by atoms with Crippen LogP contribution in [-0.4, -0.2) is 21.6 Å². The number of hydrogen-bond donors (Lipinski definition) is 2. The first-order chi connectivity index (χ1) is 14.0. The Morgan fingerprint density at radius 1 is 1.07 bits per heavy atom. The van der Waals surface area contributed by atoms with Crippen LogP contribution in [0.25, 0.3) is 16.8 Å². The van der Waals surface area contributed by atoms with Crippen LogP contribution < -0.4 is 11.1 Å². The third-order valence-corrected chi connectivity index (χ3v) is 5.52. The Labute approximate surface area is 171 Å². The van der Waals surface area contributed by atoms with Crippen molar-refractivity contribution in [1.29, 1.82) is 0 Å². The Bertz CT molecular complexity index is 1180. The Kier molecular flexibility index (Phi) is 4.97. The van der Waals surface area contributed by atoms with Gasteiger partial charge in [-0.05, 0) is 36.8 Å². The van der Waals surface area contributed by atoms with Gasteiger partial charge in [-0.25, -0.2) is 4.68 Å². The highest BCUT2D eigenvalue weighted by atomic mass is 32.1. The maximum Gasteiger partial charge on any atom is 0.256 e. The normalized spacial score (nSPS) is 10.7. The fourth-order valence-electron chi connectivity index (χ4n) is 3.21. The minimum Gasteiger partial charge on any atom is -0.365 e. The maximum absolute atomic E-state index is 12.9. The number of thiophene rings is 1. The Morgan fingerprint density at radius 2 is 1.86 bits per heavy atom. The molecule has 2 amide bonds. The molecule has 144 valence electrons. The summed E-state index contributed by atoms with van der Waals surface area (Å²) in [6.07, 6.45) is 3.47. The van der Waals surface area contributed by atoms with E-state index >= 15 is 0 Å². The summed E-state index contributed by atoms with van der Waals surface area (Å²) in [5.74, 6) is -0.892. The molecule has 0 aliphatic carbocycles. The summed E-state index contributed by atoms with van der Waals surface area (Å²) in [5.41, 5.74) is 8.87. The number of carbonyl (C=O) groups excluding carboxylic acids is 2. The highest BCUT2D eigenvalue weighted by molar-refractivity contribution is 7.17. The van der Waals surface area contributed by atoms with Crippen LogP contribution in [0, 0.1) is 6.92 Å². The van der Waals surface area contributed by atoms with Gasteiger partial charge in [0.05, 0.1) is 11.3 Å². The molecule has 2 heterocycles. The van der Waals surface area contributed by atoms with Crippen molar-refractivity contribution >= 4 is 28.2 Å². The first-order valence-electron chi connectivity index (χ1n) is 8.94. The molecule has 0 bridgehead atoms. The van der Waals surface area contributed by atoms with E-state index in [0.29, 0.717) is 16.1 Å². The van der Waals surface area contributed by atoms with E-state index in [1.165, 1.54) is 11.3 Å². The van der Waals surface area contributed by atoms with Crippen LogP contribution in [0.1, 0.15) is 25.6 Å². The van der Waals surface area contributed by atoms with Gasteiger partial charge in [-0.3, -0.25) is 9.59 Å². The maximum atomic E-state index is 12.9. The summed E-state index contributed by atoms with van der Waals surface area (Å²) in [5, 5.41) is 7.49. The van der Waals surface area contributed by atoms with Gasteiger partial charge in [0.2, 0.25) is 0 Å². The number of rotatable bonds is 5. The molecular formula is C22H18N4O2S. The first-order valence-corrected chi connectivity index (χ1v) is 9.76. The lowest BCUT2D eigenvalue weighted by Gasteiger charge is -2.08. The summed E-state index contributed by atoms with van der Waals surface area (Å²) in [4.78, 5) is 26.0. The van der Waals surface area contributed by atoms with Gasteiger partial charge in [0, 0.05) is 28.4 Å². The van der Waals surface area contributed by atoms with Gasteiger partial charge >= 0.3 is 0 Å². The lowest BCUT2D eigenvalue weighted by molar-refractivity contribution is 0.100. The van der Waals surface area contributed by atoms with E-state index in [4.69, 9.17) is 5.73 Å². The molecule has 0 saturated carbocycles. The van der Waals surface area contributed by atoms with Crippen molar-refractivity contribution in [1.82, 2.24) is 9.78 Å². The second kappa shape index (κ2) is 7.73. The average molecular weight is 402 g/mol. The minimum atomic E-state index is -0.575. The van der Waals surface area contributed by atoms with Gasteiger partial charge < -0.3 is 11.1 Å². The first kappa shape index (κ1) is 18.6. The summed E-state index contributed by atoms with van der Waals surface area (Å²) in [6.45, 7) is 1.91. The lowest BCUT2D eigenvalue weighted by atomic mass is 10.0. The highest BCUT2D eigenvalue weighted by Gasteiger charge is 2.23. The molecule has 0 spiro atoms. The van der Waals surface area contributed by atoms with E-state index in [0.717, 1.165) is 21.7 Å². The SMILES string of the molecule is Cc1sc(NC(=O)c2cccc(-n3cccn3)c2)c(C(N)=O)c1-c1ccccc1. The summed E-state index contributed by atoms with van der Waals surface area (Å²) >= 11 is 1.34. The van der Waals surface area contributed by atoms with Crippen molar-refractivity contribution in [2.24, 2.45) is 5.73 Å². The molecule has 2 aromatic heterocycles. The lowest BCUT2D eigenvalue weighted by Crippen LogP contribution is -2.17. The van der Waals surface area contributed by atoms with Crippen LogP contribution in [0.4, 0.5) is 5.00 Å². The highest BCUT2D eigenvalue weighted by Crippen LogP contribution is 2.39. The van der Waals surface area contributed by atoms with Crippen LogP contribution in [0.5, 0.6) is 0 Å². The number of anilines is 1. The van der Waals surface area contributed by atoms with E-state index in [2.05, 4.69) is 10.4 Å². The van der Waals surface area contributed by atoms with E-state index in [-0.39, 0.29) is 5.91 Å². The zero-order chi connectivity index (χ0) is 20.4. The average Bonchev–Trinajstić information content (AvgIpc) is 3.37. The van der Waals surface area contributed by atoms with E-state index in [1.54, 1.807) is 35.3 Å². The molecule has 4 aromatic rings. The van der Waals surface area contributed by atoms with Gasteiger partial charge in [0.15, 0.2) is 0 Å². The van der Waals surface area contributed by atoms with Gasteiger partial charge in [-0.15, -0.1) is 11.3 Å².